The number of carbonyl (C=O) groups is 3. The van der Waals surface area contributed by atoms with E-state index in [-0.39, 0.29) is 29.5 Å². The molecule has 11 N–H and O–H groups in total. The molecule has 1 saturated carbocycles. The van der Waals surface area contributed by atoms with Gasteiger partial charge in [-0.25, -0.2) is 9.78 Å². The zero-order valence-electron chi connectivity index (χ0n) is 79.0. The van der Waals surface area contributed by atoms with Gasteiger partial charge in [0.05, 0.1) is 35.9 Å². The summed E-state index contributed by atoms with van der Waals surface area (Å²) in [6.07, 6.45) is 29.3. The molecule has 1 fully saturated rings. The number of ketones is 1. The minimum Gasteiger partial charge on any atom is -0.462 e. The number of allylic oxidation sites excluding steroid dienone is 1. The van der Waals surface area contributed by atoms with E-state index in [9.17, 15) is 27.6 Å². The molecule has 25 rings (SSSR count). The summed E-state index contributed by atoms with van der Waals surface area (Å²) in [4.78, 5) is 68.5. The van der Waals surface area contributed by atoms with Gasteiger partial charge in [0, 0.05) is 164 Å². The van der Waals surface area contributed by atoms with Gasteiger partial charge in [0.25, 0.3) is 5.91 Å². The molecule has 2 amide bonds. The van der Waals surface area contributed by atoms with E-state index in [1.807, 2.05) is 30.3 Å². The van der Waals surface area contributed by atoms with E-state index in [2.05, 4.69) is 288 Å². The van der Waals surface area contributed by atoms with Crippen LogP contribution in [0.5, 0.6) is 11.5 Å². The van der Waals surface area contributed by atoms with Crippen LogP contribution in [0.3, 0.4) is 0 Å². The molecule has 4 unspecified atom stereocenters. The summed E-state index contributed by atoms with van der Waals surface area (Å²) in [5.41, 5.74) is 29.5. The van der Waals surface area contributed by atoms with Crippen molar-refractivity contribution in [1.29, 1.82) is 0 Å². The van der Waals surface area contributed by atoms with Crippen LogP contribution in [0.2, 0.25) is 0 Å². The van der Waals surface area contributed by atoms with Crippen molar-refractivity contribution in [2.24, 2.45) is 11.3 Å². The Bertz CT molecular complexity index is 7410. The van der Waals surface area contributed by atoms with Gasteiger partial charge in [-0.2, -0.15) is 0 Å². The number of alkyl halides is 3. The number of halogens is 8. The quantitative estimate of drug-likeness (QED) is 0.0583. The lowest BCUT2D eigenvalue weighted by Crippen LogP contribution is -2.33. The number of carbonyl (C=O) groups excluding carboxylic acids is 3. The number of aromatic amines is 7. The lowest BCUT2D eigenvalue weighted by molar-refractivity contribution is -0.274. The second-order valence-electron chi connectivity index (χ2n) is 39.3. The van der Waals surface area contributed by atoms with Crippen molar-refractivity contribution in [2.45, 2.75) is 219 Å². The van der Waals surface area contributed by atoms with Crippen LogP contribution in [0.15, 0.2) is 222 Å². The first-order chi connectivity index (χ1) is 67.7. The number of amides is 2. The molecule has 140 heavy (non-hydrogen) atoms. The summed E-state index contributed by atoms with van der Waals surface area (Å²) in [5, 5.41) is 22.3. The van der Waals surface area contributed by atoms with Gasteiger partial charge >= 0.3 is 12.5 Å². The third kappa shape index (κ3) is 22.5. The number of aryl methyl sites for hydroxylation is 9. The number of rotatable bonds is 11. The summed E-state index contributed by atoms with van der Waals surface area (Å²) in [7, 11) is 0. The van der Waals surface area contributed by atoms with Crippen LogP contribution in [-0.4, -0.2) is 82.1 Å². The zero-order chi connectivity index (χ0) is 97.0. The van der Waals surface area contributed by atoms with Crippen LogP contribution < -0.4 is 30.7 Å². The summed E-state index contributed by atoms with van der Waals surface area (Å²) >= 11 is 17.8. The summed E-state index contributed by atoms with van der Waals surface area (Å²) < 4.78 is 57.2. The Morgan fingerprint density at radius 3 is 1.44 bits per heavy atom. The molecule has 4 atom stereocenters. The van der Waals surface area contributed by atoms with Crippen molar-refractivity contribution in [1.82, 2.24) is 66.1 Å². The fourth-order valence-corrected chi connectivity index (χ4v) is 23.5. The number of Topliss-reactive ketones (excluding diaryl/α,β-unsaturated/α-hetero) is 1. The van der Waals surface area contributed by atoms with Crippen LogP contribution in [0, 0.1) is 18.3 Å². The number of para-hydroxylation sites is 1. The van der Waals surface area contributed by atoms with Crippen LogP contribution in [0.25, 0.3) is 93.3 Å². The fourth-order valence-electron chi connectivity index (χ4n) is 21.7. The molecule has 0 bridgehead atoms. The Labute approximate surface area is 853 Å². The van der Waals surface area contributed by atoms with E-state index in [0.29, 0.717) is 35.4 Å². The number of hydrogen-bond donors (Lipinski definition) is 11. The SMILES string of the molecule is Brc1ccc2[nH]c3c(c2c1)CCCC3NCC1CCCC1.Brc1ccc2[nH]c3c(c2c1)CCc1ccoc1-3.C=C1CCCc2c1[nH]c1ccc(OC(F)(F)F)cc21.CC(C)(C)CCNC1CCCc2c1[nH]c1ccc(Br)cc21.Cc1ccc2[nH]c3c(c2c1)CCCC3=O.O=C(NC1CCCc2c1[nH]c1ccc(Br)cc21)Oc1ccccc1.O=C(NC1CCCc2c1[nH]c1ccc(Br)cc21)c1cnccn1. The van der Waals surface area contributed by atoms with Gasteiger partial charge in [0.1, 0.15) is 17.2 Å². The first-order valence-electron chi connectivity index (χ1n) is 49.1. The molecule has 9 heterocycles. The van der Waals surface area contributed by atoms with Gasteiger partial charge in [-0.3, -0.25) is 14.6 Å². The Morgan fingerprint density at radius 1 is 0.450 bits per heavy atom. The van der Waals surface area contributed by atoms with Gasteiger partial charge in [-0.1, -0.05) is 150 Å². The number of ether oxygens (including phenoxy) is 2. The normalized spacial score (nSPS) is 17.4. The number of hydrogen-bond acceptors (Lipinski definition) is 10. The summed E-state index contributed by atoms with van der Waals surface area (Å²) in [6.45, 7) is 15.3. The number of benzene rings is 8. The van der Waals surface area contributed by atoms with Gasteiger partial charge in [-0.15, -0.1) is 13.2 Å². The highest BCUT2D eigenvalue weighted by molar-refractivity contribution is 9.11. The predicted octanol–water partition coefficient (Wildman–Crippen LogP) is 30.7. The van der Waals surface area contributed by atoms with Crippen molar-refractivity contribution in [3.8, 4) is 23.0 Å². The Balaban J connectivity index is 0.000000104. The van der Waals surface area contributed by atoms with E-state index >= 15 is 0 Å². The average molecular weight is 2210 g/mol. The third-order valence-electron chi connectivity index (χ3n) is 28.4. The molecule has 0 saturated heterocycles. The number of nitrogens with one attached hydrogen (secondary N) is 11. The molecule has 8 aliphatic rings. The summed E-state index contributed by atoms with van der Waals surface area (Å²) in [6, 6.07) is 54.8. The lowest BCUT2D eigenvalue weighted by atomic mass is 9.90. The van der Waals surface area contributed by atoms with Crippen molar-refractivity contribution in [3.05, 3.63) is 308 Å². The maximum Gasteiger partial charge on any atom is 0.573 e. The second-order valence-corrected chi connectivity index (χ2v) is 43.9. The highest BCUT2D eigenvalue weighted by atomic mass is 79.9. The maximum absolute atomic E-state index is 12.4. The highest BCUT2D eigenvalue weighted by Gasteiger charge is 2.35. The number of aromatic nitrogens is 9. The molecular formula is C113H115Br5F3N13O6. The van der Waals surface area contributed by atoms with Crippen LogP contribution in [-0.2, 0) is 51.4 Å². The molecule has 17 aromatic rings. The number of furan rings is 1. The fraction of sp³-hybridized carbons (Fsp3) is 0.336. The molecule has 0 radical (unpaired) electrons. The Kier molecular flexibility index (Phi) is 30.0. The standard InChI is InChI=1S/C19H17BrN2O2.C18H23BrN2.C18H25BrN2.C17H15BrN4O.C14H10BrNO.C14H12F3NO.C13H13NO/c20-12-9-10-16-15(11-12)14-7-4-8-17(18(14)21-16)22-19(23)24-13-5-2-1-3-6-13;19-13-8-9-16-15(10-13)14-6-3-7-17(18(14)21-16)20-11-12-4-1-2-5-12;1-18(2,3)9-10-20-16-6-4-5-13-14-11-12(19)7-8-15(14)21-17(13)16;18-10-4-5-13-12(8-10)11-2-1-3-14(16(11)21-13)22-17(23)15-9-19-6-7-20-15;15-9-2-4-12-11(7-9)10-3-1-8-5-6-17-14(8)13(10)16-12;1-8-3-2-4-10-11-7-9(19-14(15,16)17)5-6-12(11)18-13(8)10;1-8-5-6-11-10(7-8)9-3-2-4-12(15)13(9)14-11/h1-3,5-6,9-11,17,21H,4,7-8H2,(H,22,23);8-10,12,17,20-21H,1-7,11H2;7-8,11,16,20-21H,4-6,9-10H2,1-3H3;4-9,14,21H,1-3H2,(H,22,23);2,4-7,16H,1,3H2;5-7,18H,1-4H2;5-7,14H,2-4H2,1H3. The van der Waals surface area contributed by atoms with Crippen molar-refractivity contribution in [3.63, 3.8) is 0 Å². The predicted molar refractivity (Wildman–Crippen MR) is 572 cm³/mol. The summed E-state index contributed by atoms with van der Waals surface area (Å²) in [5.74, 6) is 2.37. The van der Waals surface area contributed by atoms with Gasteiger partial charge in [0.15, 0.2) is 11.5 Å². The monoisotopic (exact) mass is 2200 g/mol. The molecule has 8 aliphatic carbocycles. The minimum absolute atomic E-state index is 0.0144. The molecule has 27 heteroatoms. The van der Waals surface area contributed by atoms with Crippen LogP contribution >= 0.6 is 79.6 Å². The van der Waals surface area contributed by atoms with Crippen LogP contribution in [0.4, 0.5) is 18.0 Å². The lowest BCUT2D eigenvalue weighted by Gasteiger charge is -2.26. The van der Waals surface area contributed by atoms with E-state index in [0.717, 1.165) is 182 Å². The van der Waals surface area contributed by atoms with Gasteiger partial charge < -0.3 is 70.0 Å². The minimum atomic E-state index is -4.66. The van der Waals surface area contributed by atoms with E-state index < -0.39 is 12.5 Å². The first kappa shape index (κ1) is 97.8. The third-order valence-corrected chi connectivity index (χ3v) is 30.9. The molecule has 0 spiro atoms. The van der Waals surface area contributed by atoms with Crippen molar-refractivity contribution >= 4 is 179 Å². The number of fused-ring (bicyclic) bond motifs is 23. The highest BCUT2D eigenvalue weighted by Crippen LogP contribution is 2.45. The van der Waals surface area contributed by atoms with Crippen molar-refractivity contribution < 1.29 is 41.4 Å². The Morgan fingerprint density at radius 2 is 0.900 bits per heavy atom. The molecule has 9 aromatic heterocycles. The zero-order valence-corrected chi connectivity index (χ0v) is 86.9. The average Bonchev–Trinajstić information content (AvgIpc) is 1.61. The van der Waals surface area contributed by atoms with Gasteiger partial charge in [0.2, 0.25) is 0 Å². The largest absolute Gasteiger partial charge is 0.573 e. The topological polar surface area (TPSA) is 267 Å². The van der Waals surface area contributed by atoms with E-state index in [1.54, 1.807) is 36.2 Å². The second kappa shape index (κ2) is 43.0. The smallest absolute Gasteiger partial charge is 0.462 e. The first-order valence-corrected chi connectivity index (χ1v) is 53.0. The van der Waals surface area contributed by atoms with Crippen LogP contribution in [0.1, 0.15) is 254 Å². The van der Waals surface area contributed by atoms with E-state index in [1.165, 1.54) is 210 Å². The van der Waals surface area contributed by atoms with E-state index in [4.69, 9.17) is 9.15 Å². The van der Waals surface area contributed by atoms with Gasteiger partial charge in [-0.05, 0) is 357 Å². The molecule has 0 aliphatic heterocycles. The number of nitrogens with zero attached hydrogens (tertiary/aromatic N) is 2. The molecular weight excluding hydrogens is 2090 g/mol. The molecule has 19 nitrogen and oxygen atoms in total. The number of H-pyrrole nitrogens is 7. The Hall–Kier alpha value is -11.0. The maximum atomic E-state index is 12.4. The molecule has 8 aromatic carbocycles. The molecule has 724 valence electrons. The van der Waals surface area contributed by atoms with Crippen molar-refractivity contribution in [2.75, 3.05) is 13.1 Å².